The lowest BCUT2D eigenvalue weighted by molar-refractivity contribution is -0.137. The summed E-state index contributed by atoms with van der Waals surface area (Å²) in [6, 6.07) is 0. The molecule has 0 fully saturated rings. The topological polar surface area (TPSA) is 98.8 Å². The van der Waals surface area contributed by atoms with Crippen molar-refractivity contribution in [2.45, 2.75) is 13.8 Å². The maximum Gasteiger partial charge on any atom is 0.302 e. The molecule has 0 saturated carbocycles. The Morgan fingerprint density at radius 2 is 1.11 bits per heavy atom. The van der Waals surface area contributed by atoms with E-state index in [0.717, 1.165) is 12.5 Å². The van der Waals surface area contributed by atoms with Gasteiger partial charge in [-0.1, -0.05) is 0 Å². The number of sulfone groups is 1. The van der Waals surface area contributed by atoms with E-state index in [1.807, 2.05) is 0 Å². The van der Waals surface area contributed by atoms with Crippen molar-refractivity contribution in [3.8, 4) is 0 Å². The molecule has 0 aliphatic carbocycles. The molecule has 1 amide bonds. The van der Waals surface area contributed by atoms with Gasteiger partial charge in [-0.25, -0.2) is 8.42 Å². The molecule has 112 valence electrons. The zero-order valence-corrected chi connectivity index (χ0v) is 13.2. The zero-order chi connectivity index (χ0) is 15.8. The molecule has 8 heteroatoms. The van der Waals surface area contributed by atoms with Gasteiger partial charge < -0.3 is 14.8 Å². The Balaban J connectivity index is -0.0000000739. The Bertz CT molecular complexity index is 265. The van der Waals surface area contributed by atoms with Crippen molar-refractivity contribution in [2.75, 3.05) is 40.9 Å². The molecule has 0 heterocycles. The van der Waals surface area contributed by atoms with E-state index in [-0.39, 0.29) is 11.9 Å². The number of carbonyl (C=O) groups excluding carboxylic acids is 2. The summed E-state index contributed by atoms with van der Waals surface area (Å²) in [6.45, 7) is 2.83. The Hall–Kier alpha value is -1.15. The van der Waals surface area contributed by atoms with E-state index in [9.17, 15) is 18.0 Å². The quantitative estimate of drug-likeness (QED) is 0.622. The van der Waals surface area contributed by atoms with Gasteiger partial charge in [0.25, 0.3) is 0 Å². The van der Waals surface area contributed by atoms with Gasteiger partial charge >= 0.3 is 5.97 Å². The fourth-order valence-corrected chi connectivity index (χ4v) is 0. The highest BCUT2D eigenvalue weighted by molar-refractivity contribution is 7.89. The van der Waals surface area contributed by atoms with E-state index in [1.54, 1.807) is 21.3 Å². The van der Waals surface area contributed by atoms with Crippen LogP contribution in [0.4, 0.5) is 0 Å². The normalized spacial score (nSPS) is 8.00. The summed E-state index contributed by atoms with van der Waals surface area (Å²) in [5, 5.41) is 2.39. The Morgan fingerprint density at radius 1 is 1.00 bits per heavy atom. The molecule has 0 aromatic carbocycles. The van der Waals surface area contributed by atoms with Crippen molar-refractivity contribution < 1.29 is 27.5 Å². The Kier molecular flexibility index (Phi) is 26.0. The Morgan fingerprint density at radius 3 is 1.11 bits per heavy atom. The molecule has 0 spiro atoms. The smallest absolute Gasteiger partial charge is 0.302 e. The van der Waals surface area contributed by atoms with E-state index in [0.29, 0.717) is 0 Å². The van der Waals surface area contributed by atoms with Crippen LogP contribution in [0.3, 0.4) is 0 Å². The van der Waals surface area contributed by atoms with Gasteiger partial charge in [-0.15, -0.1) is 0 Å². The van der Waals surface area contributed by atoms with Crippen LogP contribution < -0.4 is 5.32 Å². The number of ether oxygens (including phenoxy) is 2. The van der Waals surface area contributed by atoms with Gasteiger partial charge in [0.1, 0.15) is 9.84 Å². The van der Waals surface area contributed by atoms with Crippen LogP contribution in [0, 0.1) is 0 Å². The minimum absolute atomic E-state index is 0.00463. The minimum Gasteiger partial charge on any atom is -0.469 e. The number of rotatable bonds is 0. The van der Waals surface area contributed by atoms with Crippen LogP contribution in [0.2, 0.25) is 0 Å². The lowest BCUT2D eigenvalue weighted by Gasteiger charge is -1.80. The van der Waals surface area contributed by atoms with Crippen molar-refractivity contribution in [1.29, 1.82) is 0 Å². The lowest BCUT2D eigenvalue weighted by Crippen LogP contribution is -2.11. The molecule has 0 aliphatic heterocycles. The number of amides is 1. The fraction of sp³-hybridized carbons (Fsp3) is 0.800. The molecule has 0 aliphatic rings. The minimum atomic E-state index is -2.67. The average molecular weight is 287 g/mol. The van der Waals surface area contributed by atoms with Gasteiger partial charge in [0.2, 0.25) is 5.91 Å². The second kappa shape index (κ2) is 18.2. The van der Waals surface area contributed by atoms with E-state index in [4.69, 9.17) is 0 Å². The highest BCUT2D eigenvalue weighted by Gasteiger charge is 1.79. The maximum atomic E-state index is 9.70. The Labute approximate surface area is 110 Å². The fourth-order valence-electron chi connectivity index (χ4n) is 0. The lowest BCUT2D eigenvalue weighted by atomic mass is 10.7. The molecule has 0 atom stereocenters. The molecule has 0 aromatic rings. The first-order valence-corrected chi connectivity index (χ1v) is 7.04. The molecule has 0 unspecified atom stereocenters. The van der Waals surface area contributed by atoms with Gasteiger partial charge in [0.05, 0.1) is 7.11 Å². The first-order valence-electron chi connectivity index (χ1n) is 4.74. The van der Waals surface area contributed by atoms with E-state index in [1.165, 1.54) is 21.0 Å². The van der Waals surface area contributed by atoms with Gasteiger partial charge in [0.15, 0.2) is 0 Å². The number of esters is 1. The van der Waals surface area contributed by atoms with Gasteiger partial charge in [-0.3, -0.25) is 9.59 Å². The number of carbonyl (C=O) groups is 2. The highest BCUT2D eigenvalue weighted by Crippen LogP contribution is 1.62. The van der Waals surface area contributed by atoms with E-state index in [2.05, 4.69) is 14.8 Å². The monoisotopic (exact) mass is 287 g/mol. The summed E-state index contributed by atoms with van der Waals surface area (Å²) in [5.74, 6) is -0.241. The molecule has 0 saturated heterocycles. The van der Waals surface area contributed by atoms with Crippen LogP contribution in [0.1, 0.15) is 13.8 Å². The van der Waals surface area contributed by atoms with E-state index >= 15 is 0 Å². The maximum absolute atomic E-state index is 9.70. The highest BCUT2D eigenvalue weighted by atomic mass is 32.2. The van der Waals surface area contributed by atoms with Gasteiger partial charge in [-0.05, 0) is 0 Å². The molecule has 0 aromatic heterocycles. The molecular formula is C10H25NO6S. The first-order chi connectivity index (χ1) is 7.95. The molecule has 18 heavy (non-hydrogen) atoms. The standard InChI is InChI=1S/C3H7NO.C3H6O2.C2H6O2S.C2H6O/c1-3(5)4-2;1-3(4)5-2;1-5(2,3)4;1-3-2/h1-2H3,(H,4,5);2*1-2H3;1-2H3. The average Bonchev–Trinajstić information content (AvgIpc) is 2.17. The number of hydrogen-bond acceptors (Lipinski definition) is 6. The van der Waals surface area contributed by atoms with Crippen molar-refractivity contribution in [3.63, 3.8) is 0 Å². The van der Waals surface area contributed by atoms with Crippen LogP contribution in [0.5, 0.6) is 0 Å². The molecule has 0 bridgehead atoms. The van der Waals surface area contributed by atoms with Crippen molar-refractivity contribution in [1.82, 2.24) is 5.32 Å². The third-order valence-electron chi connectivity index (χ3n) is 0.640. The predicted molar refractivity (Wildman–Crippen MR) is 71.1 cm³/mol. The third kappa shape index (κ3) is 351. The summed E-state index contributed by atoms with van der Waals surface area (Å²) < 4.78 is 27.6. The van der Waals surface area contributed by atoms with Crippen LogP contribution in [-0.4, -0.2) is 61.2 Å². The van der Waals surface area contributed by atoms with Crippen LogP contribution in [-0.2, 0) is 28.9 Å². The number of methoxy groups -OCH3 is 2. The van der Waals surface area contributed by atoms with Crippen molar-refractivity contribution in [2.24, 2.45) is 0 Å². The van der Waals surface area contributed by atoms with Crippen LogP contribution in [0.25, 0.3) is 0 Å². The van der Waals surface area contributed by atoms with Crippen LogP contribution in [0.15, 0.2) is 0 Å². The zero-order valence-electron chi connectivity index (χ0n) is 12.4. The molecule has 0 radical (unpaired) electrons. The number of hydrogen-bond donors (Lipinski definition) is 1. The summed E-state index contributed by atoms with van der Waals surface area (Å²) in [5.41, 5.74) is 0. The second-order valence-corrected chi connectivity index (χ2v) is 5.34. The molecular weight excluding hydrogens is 262 g/mol. The van der Waals surface area contributed by atoms with Crippen molar-refractivity contribution >= 4 is 21.7 Å². The summed E-state index contributed by atoms with van der Waals surface area (Å²) in [7, 11) is 3.53. The van der Waals surface area contributed by atoms with E-state index < -0.39 is 9.84 Å². The van der Waals surface area contributed by atoms with Gasteiger partial charge in [-0.2, -0.15) is 0 Å². The first kappa shape index (κ1) is 25.6. The largest absolute Gasteiger partial charge is 0.469 e. The third-order valence-corrected chi connectivity index (χ3v) is 0.640. The van der Waals surface area contributed by atoms with Gasteiger partial charge in [0, 0.05) is 47.6 Å². The molecule has 1 N–H and O–H groups in total. The second-order valence-electron chi connectivity index (χ2n) is 3.05. The SMILES string of the molecule is CNC(C)=O.COC.COC(C)=O.CS(C)(=O)=O. The van der Waals surface area contributed by atoms with Crippen LogP contribution >= 0.6 is 0 Å². The predicted octanol–water partition coefficient (Wildman–Crippen LogP) is -0.145. The van der Waals surface area contributed by atoms with Crippen molar-refractivity contribution in [3.05, 3.63) is 0 Å². The summed E-state index contributed by atoms with van der Waals surface area (Å²) in [6.07, 6.45) is 2.32. The molecule has 0 rings (SSSR count). The number of nitrogens with one attached hydrogen (secondary N) is 1. The summed E-state index contributed by atoms with van der Waals surface area (Å²) in [4.78, 5) is 19.3. The molecule has 7 nitrogen and oxygen atoms in total. The summed E-state index contributed by atoms with van der Waals surface area (Å²) >= 11 is 0.